The lowest BCUT2D eigenvalue weighted by atomic mass is 9.87. The molecule has 2 aliphatic rings. The van der Waals surface area contributed by atoms with E-state index < -0.39 is 9.84 Å². The van der Waals surface area contributed by atoms with Gasteiger partial charge >= 0.3 is 0 Å². The standard InChI is InChI=1S/C22H31NO4S/c1-16-7-8-20(17(2)15-16)22(25)18-9-12-23(13-10-18)21(24)11-14-28(26,27)19-5-3-4-6-19/h7-8,15,18-19H,3-6,9-14H2,1-2H3. The maximum absolute atomic E-state index is 12.8. The number of nitrogens with zero attached hydrogens (tertiary/aromatic N) is 1. The lowest BCUT2D eigenvalue weighted by Gasteiger charge is -2.31. The number of hydrogen-bond donors (Lipinski definition) is 0. The molecule has 0 bridgehead atoms. The molecule has 5 nitrogen and oxygen atoms in total. The van der Waals surface area contributed by atoms with E-state index in [4.69, 9.17) is 0 Å². The van der Waals surface area contributed by atoms with Crippen LogP contribution in [-0.4, -0.2) is 49.1 Å². The van der Waals surface area contributed by atoms with E-state index in [2.05, 4.69) is 0 Å². The molecule has 0 unspecified atom stereocenters. The van der Waals surface area contributed by atoms with Gasteiger partial charge in [0.05, 0.1) is 11.0 Å². The Bertz CT molecular complexity index is 832. The van der Waals surface area contributed by atoms with Crippen molar-refractivity contribution in [1.82, 2.24) is 4.90 Å². The van der Waals surface area contributed by atoms with Gasteiger partial charge in [-0.05, 0) is 45.1 Å². The zero-order valence-corrected chi connectivity index (χ0v) is 17.8. The van der Waals surface area contributed by atoms with Gasteiger partial charge < -0.3 is 4.90 Å². The third kappa shape index (κ3) is 4.83. The Balaban J connectivity index is 1.50. The van der Waals surface area contributed by atoms with E-state index in [-0.39, 0.29) is 35.0 Å². The van der Waals surface area contributed by atoms with Crippen LogP contribution in [0.3, 0.4) is 0 Å². The second kappa shape index (κ2) is 8.76. The van der Waals surface area contributed by atoms with E-state index in [1.165, 1.54) is 0 Å². The highest BCUT2D eigenvalue weighted by Gasteiger charge is 2.31. The molecule has 0 atom stereocenters. The summed E-state index contributed by atoms with van der Waals surface area (Å²) in [7, 11) is -3.16. The van der Waals surface area contributed by atoms with Crippen molar-refractivity contribution in [1.29, 1.82) is 0 Å². The summed E-state index contributed by atoms with van der Waals surface area (Å²) in [6, 6.07) is 5.89. The highest BCUT2D eigenvalue weighted by atomic mass is 32.2. The molecule has 1 aromatic carbocycles. The van der Waals surface area contributed by atoms with Crippen LogP contribution in [0.4, 0.5) is 0 Å². The Morgan fingerprint density at radius 2 is 1.68 bits per heavy atom. The van der Waals surface area contributed by atoms with E-state index in [1.807, 2.05) is 32.0 Å². The van der Waals surface area contributed by atoms with Crippen LogP contribution in [0.5, 0.6) is 0 Å². The zero-order chi connectivity index (χ0) is 20.3. The van der Waals surface area contributed by atoms with Crippen molar-refractivity contribution < 1.29 is 18.0 Å². The zero-order valence-electron chi connectivity index (χ0n) is 16.9. The number of sulfone groups is 1. The molecule has 3 rings (SSSR count). The Hall–Kier alpha value is -1.69. The summed E-state index contributed by atoms with van der Waals surface area (Å²) < 4.78 is 24.7. The summed E-state index contributed by atoms with van der Waals surface area (Å²) in [6.07, 6.45) is 4.78. The SMILES string of the molecule is Cc1ccc(C(=O)C2CCN(C(=O)CCS(=O)(=O)C3CCCC3)CC2)c(C)c1. The maximum Gasteiger partial charge on any atom is 0.223 e. The summed E-state index contributed by atoms with van der Waals surface area (Å²) in [5.41, 5.74) is 2.92. The molecule has 1 amide bonds. The molecule has 154 valence electrons. The van der Waals surface area contributed by atoms with Gasteiger partial charge in [0.15, 0.2) is 15.6 Å². The van der Waals surface area contributed by atoms with Crippen LogP contribution in [0.1, 0.15) is 66.4 Å². The molecule has 1 saturated heterocycles. The number of amides is 1. The first-order valence-electron chi connectivity index (χ1n) is 10.4. The Morgan fingerprint density at radius 3 is 2.29 bits per heavy atom. The van der Waals surface area contributed by atoms with Gasteiger partial charge in [0, 0.05) is 31.0 Å². The third-order valence-electron chi connectivity index (χ3n) is 6.28. The molecule has 0 spiro atoms. The van der Waals surface area contributed by atoms with Crippen molar-refractivity contribution in [3.05, 3.63) is 34.9 Å². The molecule has 1 aliphatic carbocycles. The molecule has 0 N–H and O–H groups in total. The van der Waals surface area contributed by atoms with Gasteiger partial charge in [-0.15, -0.1) is 0 Å². The van der Waals surface area contributed by atoms with Crippen LogP contribution in [0, 0.1) is 19.8 Å². The van der Waals surface area contributed by atoms with Crippen LogP contribution in [-0.2, 0) is 14.6 Å². The fraction of sp³-hybridized carbons (Fsp3) is 0.636. The van der Waals surface area contributed by atoms with Gasteiger partial charge in [-0.3, -0.25) is 9.59 Å². The Labute approximate surface area is 168 Å². The predicted molar refractivity (Wildman–Crippen MR) is 110 cm³/mol. The van der Waals surface area contributed by atoms with Gasteiger partial charge in [-0.2, -0.15) is 0 Å². The fourth-order valence-corrected chi connectivity index (χ4v) is 6.35. The van der Waals surface area contributed by atoms with Gasteiger partial charge in [-0.25, -0.2) is 8.42 Å². The van der Waals surface area contributed by atoms with Crippen LogP contribution in [0.25, 0.3) is 0 Å². The largest absolute Gasteiger partial charge is 0.343 e. The highest BCUT2D eigenvalue weighted by molar-refractivity contribution is 7.92. The van der Waals surface area contributed by atoms with Crippen molar-refractivity contribution in [3.63, 3.8) is 0 Å². The number of ketones is 1. The van der Waals surface area contributed by atoms with Crippen LogP contribution < -0.4 is 0 Å². The normalized spacial score (nSPS) is 19.1. The summed E-state index contributed by atoms with van der Waals surface area (Å²) in [6.45, 7) is 5.04. The molecule has 0 radical (unpaired) electrons. The molecular formula is C22H31NO4S. The van der Waals surface area contributed by atoms with Crippen LogP contribution in [0.15, 0.2) is 18.2 Å². The minimum absolute atomic E-state index is 0.0437. The van der Waals surface area contributed by atoms with Gasteiger partial charge in [-0.1, -0.05) is 36.6 Å². The quantitative estimate of drug-likeness (QED) is 0.680. The van der Waals surface area contributed by atoms with Gasteiger partial charge in [0.25, 0.3) is 0 Å². The summed E-state index contributed by atoms with van der Waals surface area (Å²) >= 11 is 0. The first kappa shape index (κ1) is 21.0. The lowest BCUT2D eigenvalue weighted by Crippen LogP contribution is -2.41. The third-order valence-corrected chi connectivity index (χ3v) is 8.54. The number of piperidine rings is 1. The number of carbonyl (C=O) groups excluding carboxylic acids is 2. The Morgan fingerprint density at radius 1 is 1.04 bits per heavy atom. The molecule has 1 aliphatic heterocycles. The van der Waals surface area contributed by atoms with Crippen molar-refractivity contribution >= 4 is 21.5 Å². The van der Waals surface area contributed by atoms with Crippen molar-refractivity contribution in [3.8, 4) is 0 Å². The predicted octanol–water partition coefficient (Wildman–Crippen LogP) is 3.47. The van der Waals surface area contributed by atoms with Gasteiger partial charge in [0.1, 0.15) is 0 Å². The van der Waals surface area contributed by atoms with E-state index >= 15 is 0 Å². The fourth-order valence-electron chi connectivity index (χ4n) is 4.50. The average Bonchev–Trinajstić information content (AvgIpc) is 3.22. The number of benzene rings is 1. The summed E-state index contributed by atoms with van der Waals surface area (Å²) in [4.78, 5) is 27.0. The number of likely N-dealkylation sites (tertiary alicyclic amines) is 1. The minimum Gasteiger partial charge on any atom is -0.343 e. The highest BCUT2D eigenvalue weighted by Crippen LogP contribution is 2.27. The van der Waals surface area contributed by atoms with E-state index in [1.54, 1.807) is 4.90 Å². The van der Waals surface area contributed by atoms with E-state index in [0.29, 0.717) is 25.9 Å². The monoisotopic (exact) mass is 405 g/mol. The molecule has 6 heteroatoms. The molecule has 1 saturated carbocycles. The van der Waals surface area contributed by atoms with E-state index in [9.17, 15) is 18.0 Å². The van der Waals surface area contributed by atoms with Gasteiger partial charge in [0.2, 0.25) is 5.91 Å². The molecule has 28 heavy (non-hydrogen) atoms. The molecule has 2 fully saturated rings. The first-order chi connectivity index (χ1) is 13.3. The molecule has 0 aromatic heterocycles. The van der Waals surface area contributed by atoms with Crippen molar-refractivity contribution in [2.75, 3.05) is 18.8 Å². The molecule has 1 heterocycles. The van der Waals surface area contributed by atoms with Crippen LogP contribution >= 0.6 is 0 Å². The summed E-state index contributed by atoms with van der Waals surface area (Å²) in [5, 5.41) is -0.249. The van der Waals surface area contributed by atoms with E-state index in [0.717, 1.165) is 42.4 Å². The van der Waals surface area contributed by atoms with Crippen LogP contribution in [0.2, 0.25) is 0 Å². The van der Waals surface area contributed by atoms with Crippen molar-refractivity contribution in [2.45, 2.75) is 64.0 Å². The summed E-state index contributed by atoms with van der Waals surface area (Å²) in [5.74, 6) is -0.0437. The maximum atomic E-state index is 12.8. The number of aryl methyl sites for hydroxylation is 2. The lowest BCUT2D eigenvalue weighted by molar-refractivity contribution is -0.132. The molecular weight excluding hydrogens is 374 g/mol. The minimum atomic E-state index is -3.16. The van der Waals surface area contributed by atoms with Crippen molar-refractivity contribution in [2.24, 2.45) is 5.92 Å². The number of carbonyl (C=O) groups is 2. The number of hydrogen-bond acceptors (Lipinski definition) is 4. The average molecular weight is 406 g/mol. The number of Topliss-reactive ketones (excluding diaryl/α,β-unsaturated/α-hetero) is 1. The Kier molecular flexibility index (Phi) is 6.58. The second-order valence-corrected chi connectivity index (χ2v) is 10.8. The molecule has 1 aromatic rings. The topological polar surface area (TPSA) is 71.5 Å². The first-order valence-corrected chi connectivity index (χ1v) is 12.1. The smallest absolute Gasteiger partial charge is 0.223 e. The second-order valence-electron chi connectivity index (χ2n) is 8.36. The number of rotatable bonds is 6.